The molecule has 0 aromatic rings. The lowest BCUT2D eigenvalue weighted by Gasteiger charge is -2.34. The molecule has 0 aliphatic carbocycles. The van der Waals surface area contributed by atoms with Crippen molar-refractivity contribution in [1.29, 1.82) is 0 Å². The molecule has 0 radical (unpaired) electrons. The number of unbranched alkanes of at least 4 members (excludes halogenated alkanes) is 2. The normalized spacial score (nSPS) is 14.6. The average Bonchev–Trinajstić information content (AvgIpc) is 2.15. The van der Waals surface area contributed by atoms with Crippen molar-refractivity contribution in [3.8, 4) is 0 Å². The third-order valence-electron chi connectivity index (χ3n) is 3.29. The van der Waals surface area contributed by atoms with Crippen LogP contribution < -0.4 is 5.32 Å². The molecule has 0 heterocycles. The largest absolute Gasteiger partial charge is 0.311 e. The highest BCUT2D eigenvalue weighted by Gasteiger charge is 2.20. The summed E-state index contributed by atoms with van der Waals surface area (Å²) < 4.78 is 0. The minimum atomic E-state index is 0.220. The van der Waals surface area contributed by atoms with Gasteiger partial charge >= 0.3 is 0 Å². The fourth-order valence-electron chi connectivity index (χ4n) is 2.09. The van der Waals surface area contributed by atoms with E-state index in [2.05, 4.69) is 58.8 Å². The van der Waals surface area contributed by atoms with Gasteiger partial charge in [-0.2, -0.15) is 0 Å². The Kier molecular flexibility index (Phi) is 8.06. The molecule has 2 nitrogen and oxygen atoms in total. The Morgan fingerprint density at radius 3 is 2.12 bits per heavy atom. The summed E-state index contributed by atoms with van der Waals surface area (Å²) in [5.74, 6) is 0.705. The highest BCUT2D eigenvalue weighted by molar-refractivity contribution is 4.79. The van der Waals surface area contributed by atoms with Gasteiger partial charge in [0.1, 0.15) is 0 Å². The summed E-state index contributed by atoms with van der Waals surface area (Å²) in [6.45, 7) is 15.9. The molecule has 1 unspecified atom stereocenters. The van der Waals surface area contributed by atoms with Crippen LogP contribution in [0.3, 0.4) is 0 Å². The maximum absolute atomic E-state index is 3.63. The van der Waals surface area contributed by atoms with Gasteiger partial charge < -0.3 is 10.2 Å². The zero-order chi connectivity index (χ0) is 13.5. The molecular formula is C15H34N2. The Morgan fingerprint density at radius 2 is 1.71 bits per heavy atom. The summed E-state index contributed by atoms with van der Waals surface area (Å²) in [6, 6.07) is 0.645. The van der Waals surface area contributed by atoms with Gasteiger partial charge in [-0.15, -0.1) is 0 Å². The second-order valence-corrected chi connectivity index (χ2v) is 6.63. The first-order valence-corrected chi connectivity index (χ1v) is 7.23. The maximum atomic E-state index is 3.63. The number of likely N-dealkylation sites (N-methyl/N-ethyl adjacent to an activating group) is 1. The first-order chi connectivity index (χ1) is 7.78. The monoisotopic (exact) mass is 242 g/mol. The summed E-state index contributed by atoms with van der Waals surface area (Å²) in [5.41, 5.74) is 0.220. The molecule has 0 rings (SSSR count). The van der Waals surface area contributed by atoms with E-state index in [9.17, 15) is 0 Å². The van der Waals surface area contributed by atoms with Crippen molar-refractivity contribution in [2.45, 2.75) is 72.4 Å². The SMILES string of the molecule is CCCCCN(C)C(CNC(C)(C)C)C(C)C. The van der Waals surface area contributed by atoms with E-state index in [4.69, 9.17) is 0 Å². The summed E-state index contributed by atoms with van der Waals surface area (Å²) in [4.78, 5) is 2.53. The molecule has 0 aromatic heterocycles. The van der Waals surface area contributed by atoms with Gasteiger partial charge in [-0.1, -0.05) is 33.6 Å². The van der Waals surface area contributed by atoms with E-state index in [1.807, 2.05) is 0 Å². The highest BCUT2D eigenvalue weighted by atomic mass is 15.2. The first kappa shape index (κ1) is 16.9. The Bertz CT molecular complexity index is 182. The molecular weight excluding hydrogens is 208 g/mol. The van der Waals surface area contributed by atoms with Crippen LogP contribution in [-0.4, -0.2) is 36.6 Å². The fourth-order valence-corrected chi connectivity index (χ4v) is 2.09. The van der Waals surface area contributed by atoms with Crippen LogP contribution in [0.2, 0.25) is 0 Å². The van der Waals surface area contributed by atoms with Gasteiger partial charge in [0.15, 0.2) is 0 Å². The lowest BCUT2D eigenvalue weighted by Crippen LogP contribution is -2.48. The lowest BCUT2D eigenvalue weighted by molar-refractivity contribution is 0.174. The zero-order valence-corrected chi connectivity index (χ0v) is 13.1. The van der Waals surface area contributed by atoms with Crippen molar-refractivity contribution in [3.05, 3.63) is 0 Å². The molecule has 1 atom stereocenters. The van der Waals surface area contributed by atoms with Gasteiger partial charge in [0.05, 0.1) is 0 Å². The summed E-state index contributed by atoms with van der Waals surface area (Å²) >= 11 is 0. The van der Waals surface area contributed by atoms with Gasteiger partial charge in [-0.05, 0) is 46.7 Å². The predicted molar refractivity (Wildman–Crippen MR) is 78.5 cm³/mol. The van der Waals surface area contributed by atoms with Crippen LogP contribution in [0, 0.1) is 5.92 Å². The lowest BCUT2D eigenvalue weighted by atomic mass is 10.0. The molecule has 0 aromatic carbocycles. The van der Waals surface area contributed by atoms with Crippen molar-refractivity contribution in [1.82, 2.24) is 10.2 Å². The van der Waals surface area contributed by atoms with E-state index in [1.165, 1.54) is 25.8 Å². The quantitative estimate of drug-likeness (QED) is 0.655. The number of hydrogen-bond donors (Lipinski definition) is 1. The molecule has 0 fully saturated rings. The van der Waals surface area contributed by atoms with Crippen LogP contribution in [0.1, 0.15) is 60.8 Å². The van der Waals surface area contributed by atoms with Gasteiger partial charge in [0, 0.05) is 18.1 Å². The molecule has 0 bridgehead atoms. The van der Waals surface area contributed by atoms with Crippen LogP contribution in [-0.2, 0) is 0 Å². The summed E-state index contributed by atoms with van der Waals surface area (Å²) in [7, 11) is 2.27. The minimum Gasteiger partial charge on any atom is -0.311 e. The molecule has 17 heavy (non-hydrogen) atoms. The van der Waals surface area contributed by atoms with E-state index < -0.39 is 0 Å². The number of rotatable bonds is 8. The summed E-state index contributed by atoms with van der Waals surface area (Å²) in [6.07, 6.45) is 3.98. The van der Waals surface area contributed by atoms with E-state index in [0.29, 0.717) is 12.0 Å². The van der Waals surface area contributed by atoms with Crippen LogP contribution in [0.4, 0.5) is 0 Å². The maximum Gasteiger partial charge on any atom is 0.0240 e. The molecule has 0 saturated heterocycles. The molecule has 0 spiro atoms. The van der Waals surface area contributed by atoms with Crippen LogP contribution >= 0.6 is 0 Å². The second-order valence-electron chi connectivity index (χ2n) is 6.63. The van der Waals surface area contributed by atoms with Crippen LogP contribution in [0.5, 0.6) is 0 Å². The molecule has 0 amide bonds. The molecule has 2 heteroatoms. The molecule has 1 N–H and O–H groups in total. The Morgan fingerprint density at radius 1 is 1.12 bits per heavy atom. The zero-order valence-electron chi connectivity index (χ0n) is 13.1. The minimum absolute atomic E-state index is 0.220. The van der Waals surface area contributed by atoms with E-state index in [1.54, 1.807) is 0 Å². The first-order valence-electron chi connectivity index (χ1n) is 7.23. The molecule has 0 saturated carbocycles. The van der Waals surface area contributed by atoms with Crippen molar-refractivity contribution in [3.63, 3.8) is 0 Å². The van der Waals surface area contributed by atoms with E-state index in [-0.39, 0.29) is 5.54 Å². The third-order valence-corrected chi connectivity index (χ3v) is 3.29. The van der Waals surface area contributed by atoms with Gasteiger partial charge in [-0.25, -0.2) is 0 Å². The standard InChI is InChI=1S/C15H34N2/c1-8-9-10-11-17(7)14(13(2)3)12-16-15(4,5)6/h13-14,16H,8-12H2,1-7H3. The van der Waals surface area contributed by atoms with Crippen molar-refractivity contribution < 1.29 is 0 Å². The predicted octanol–water partition coefficient (Wildman–Crippen LogP) is 3.52. The third kappa shape index (κ3) is 8.62. The van der Waals surface area contributed by atoms with Crippen molar-refractivity contribution in [2.24, 2.45) is 5.92 Å². The molecule has 0 aliphatic heterocycles. The van der Waals surface area contributed by atoms with E-state index in [0.717, 1.165) is 6.54 Å². The van der Waals surface area contributed by atoms with E-state index >= 15 is 0 Å². The Hall–Kier alpha value is -0.0800. The Balaban J connectivity index is 4.12. The van der Waals surface area contributed by atoms with Crippen LogP contribution in [0.25, 0.3) is 0 Å². The fraction of sp³-hybridized carbons (Fsp3) is 1.00. The van der Waals surface area contributed by atoms with Crippen molar-refractivity contribution >= 4 is 0 Å². The average molecular weight is 242 g/mol. The Labute approximate surface area is 109 Å². The highest BCUT2D eigenvalue weighted by Crippen LogP contribution is 2.11. The smallest absolute Gasteiger partial charge is 0.0240 e. The number of nitrogens with one attached hydrogen (secondary N) is 1. The molecule has 104 valence electrons. The van der Waals surface area contributed by atoms with Gasteiger partial charge in [0.2, 0.25) is 0 Å². The second kappa shape index (κ2) is 8.10. The van der Waals surface area contributed by atoms with Gasteiger partial charge in [-0.3, -0.25) is 0 Å². The molecule has 0 aliphatic rings. The van der Waals surface area contributed by atoms with Crippen LogP contribution in [0.15, 0.2) is 0 Å². The van der Waals surface area contributed by atoms with Crippen molar-refractivity contribution in [2.75, 3.05) is 20.1 Å². The number of hydrogen-bond acceptors (Lipinski definition) is 2. The van der Waals surface area contributed by atoms with Gasteiger partial charge in [0.25, 0.3) is 0 Å². The summed E-state index contributed by atoms with van der Waals surface area (Å²) in [5, 5.41) is 3.63. The topological polar surface area (TPSA) is 15.3 Å². The number of nitrogens with zero attached hydrogens (tertiary/aromatic N) is 1.